The van der Waals surface area contributed by atoms with E-state index in [1.54, 1.807) is 0 Å². The molecule has 3 aromatic rings. The van der Waals surface area contributed by atoms with E-state index in [-0.39, 0.29) is 5.69 Å². The molecule has 2 aromatic heterocycles. The van der Waals surface area contributed by atoms with Crippen molar-refractivity contribution in [1.29, 1.82) is 0 Å². The maximum Gasteiger partial charge on any atom is 0.353 e. The second-order valence-electron chi connectivity index (χ2n) is 4.97. The molecule has 0 aliphatic rings. The van der Waals surface area contributed by atoms with Gasteiger partial charge in [-0.05, 0) is 44.2 Å². The van der Waals surface area contributed by atoms with Crippen LogP contribution in [0.4, 0.5) is 0 Å². The molecule has 0 radical (unpaired) electrons. The molecule has 0 amide bonds. The highest BCUT2D eigenvalue weighted by atomic mass is 16.4. The van der Waals surface area contributed by atoms with E-state index in [1.807, 2.05) is 24.3 Å². The van der Waals surface area contributed by atoms with Crippen LogP contribution in [0.5, 0.6) is 0 Å². The molecule has 5 heteroatoms. The van der Waals surface area contributed by atoms with Crippen LogP contribution in [0.25, 0.3) is 16.9 Å². The summed E-state index contributed by atoms with van der Waals surface area (Å²) in [6.07, 6.45) is 0. The van der Waals surface area contributed by atoms with Crippen LogP contribution in [0.1, 0.15) is 21.9 Å². The Labute approximate surface area is 121 Å². The van der Waals surface area contributed by atoms with Gasteiger partial charge in [-0.3, -0.25) is 5.10 Å². The highest BCUT2D eigenvalue weighted by molar-refractivity contribution is 5.86. The molecule has 21 heavy (non-hydrogen) atoms. The maximum atomic E-state index is 10.9. The van der Waals surface area contributed by atoms with Gasteiger partial charge >= 0.3 is 5.97 Å². The van der Waals surface area contributed by atoms with Crippen molar-refractivity contribution in [1.82, 2.24) is 14.8 Å². The summed E-state index contributed by atoms with van der Waals surface area (Å²) in [6, 6.07) is 13.6. The van der Waals surface area contributed by atoms with Gasteiger partial charge in [-0.15, -0.1) is 0 Å². The number of rotatable bonds is 3. The molecule has 0 bridgehead atoms. The molecule has 2 heterocycles. The Morgan fingerprint density at radius 1 is 1.10 bits per heavy atom. The first-order valence-electron chi connectivity index (χ1n) is 6.61. The van der Waals surface area contributed by atoms with Crippen molar-refractivity contribution in [2.24, 2.45) is 0 Å². The van der Waals surface area contributed by atoms with Gasteiger partial charge in [-0.25, -0.2) is 4.79 Å². The van der Waals surface area contributed by atoms with E-state index in [1.165, 1.54) is 17.5 Å². The average molecular weight is 281 g/mol. The first kappa shape index (κ1) is 13.2. The van der Waals surface area contributed by atoms with Crippen LogP contribution in [0.15, 0.2) is 42.5 Å². The molecule has 0 aliphatic heterocycles. The molecule has 0 saturated carbocycles. The molecule has 3 rings (SSSR count). The SMILES string of the molecule is Cc1ccc(C)n1-c1ccc(-c2cc(C(=O)O)[nH]n2)cc1. The van der Waals surface area contributed by atoms with Gasteiger partial charge in [0.15, 0.2) is 0 Å². The van der Waals surface area contributed by atoms with Gasteiger partial charge in [-0.2, -0.15) is 5.10 Å². The highest BCUT2D eigenvalue weighted by Crippen LogP contribution is 2.22. The van der Waals surface area contributed by atoms with Crippen LogP contribution < -0.4 is 0 Å². The summed E-state index contributed by atoms with van der Waals surface area (Å²) in [6.45, 7) is 4.13. The van der Waals surface area contributed by atoms with Crippen molar-refractivity contribution in [2.45, 2.75) is 13.8 Å². The monoisotopic (exact) mass is 281 g/mol. The predicted octanol–water partition coefficient (Wildman–Crippen LogP) is 3.18. The number of H-pyrrole nitrogens is 1. The number of carboxylic acid groups (broad SMARTS) is 1. The number of nitrogens with one attached hydrogen (secondary N) is 1. The number of hydrogen-bond acceptors (Lipinski definition) is 2. The smallest absolute Gasteiger partial charge is 0.353 e. The van der Waals surface area contributed by atoms with E-state index in [0.717, 1.165) is 11.3 Å². The van der Waals surface area contributed by atoms with E-state index < -0.39 is 5.97 Å². The fourth-order valence-electron chi connectivity index (χ4n) is 2.44. The van der Waals surface area contributed by atoms with Crippen LogP contribution in [-0.4, -0.2) is 25.8 Å². The fraction of sp³-hybridized carbons (Fsp3) is 0.125. The number of hydrogen-bond donors (Lipinski definition) is 2. The number of aryl methyl sites for hydroxylation is 2. The van der Waals surface area contributed by atoms with Crippen molar-refractivity contribution >= 4 is 5.97 Å². The third-order valence-electron chi connectivity index (χ3n) is 3.50. The van der Waals surface area contributed by atoms with Crippen LogP contribution in [0.2, 0.25) is 0 Å². The second kappa shape index (κ2) is 4.94. The summed E-state index contributed by atoms with van der Waals surface area (Å²) in [5, 5.41) is 15.4. The number of aromatic amines is 1. The Morgan fingerprint density at radius 2 is 1.71 bits per heavy atom. The van der Waals surface area contributed by atoms with E-state index in [4.69, 9.17) is 5.11 Å². The molecular weight excluding hydrogens is 266 g/mol. The topological polar surface area (TPSA) is 70.9 Å². The molecule has 0 unspecified atom stereocenters. The Bertz CT molecular complexity index is 778. The van der Waals surface area contributed by atoms with E-state index in [2.05, 4.69) is 40.7 Å². The minimum absolute atomic E-state index is 0.0891. The van der Waals surface area contributed by atoms with Gasteiger partial charge in [0, 0.05) is 22.6 Å². The lowest BCUT2D eigenvalue weighted by molar-refractivity contribution is 0.0690. The normalized spacial score (nSPS) is 10.8. The molecule has 2 N–H and O–H groups in total. The minimum Gasteiger partial charge on any atom is -0.477 e. The molecule has 0 atom stereocenters. The van der Waals surface area contributed by atoms with Gasteiger partial charge in [0.1, 0.15) is 5.69 Å². The molecule has 0 fully saturated rings. The molecule has 106 valence electrons. The lowest BCUT2D eigenvalue weighted by Crippen LogP contribution is -1.98. The third-order valence-corrected chi connectivity index (χ3v) is 3.50. The predicted molar refractivity (Wildman–Crippen MR) is 79.8 cm³/mol. The molecule has 5 nitrogen and oxygen atoms in total. The molecular formula is C16H15N3O2. The number of aromatic carboxylic acids is 1. The first-order chi connectivity index (χ1) is 10.1. The van der Waals surface area contributed by atoms with Crippen molar-refractivity contribution in [3.05, 3.63) is 59.5 Å². The zero-order valence-corrected chi connectivity index (χ0v) is 11.8. The van der Waals surface area contributed by atoms with Gasteiger partial charge in [0.05, 0.1) is 5.69 Å². The summed E-state index contributed by atoms with van der Waals surface area (Å²) in [4.78, 5) is 10.9. The van der Waals surface area contributed by atoms with E-state index in [9.17, 15) is 4.79 Å². The molecule has 0 aliphatic carbocycles. The van der Waals surface area contributed by atoms with Crippen LogP contribution in [0, 0.1) is 13.8 Å². The number of carboxylic acids is 1. The Hall–Kier alpha value is -2.82. The first-order valence-corrected chi connectivity index (χ1v) is 6.61. The lowest BCUT2D eigenvalue weighted by atomic mass is 10.1. The van der Waals surface area contributed by atoms with Crippen molar-refractivity contribution < 1.29 is 9.90 Å². The summed E-state index contributed by atoms with van der Waals surface area (Å²) in [7, 11) is 0. The van der Waals surface area contributed by atoms with Gasteiger partial charge < -0.3 is 9.67 Å². The number of nitrogens with zero attached hydrogens (tertiary/aromatic N) is 2. The quantitative estimate of drug-likeness (QED) is 0.774. The van der Waals surface area contributed by atoms with Crippen molar-refractivity contribution in [3.8, 4) is 16.9 Å². The van der Waals surface area contributed by atoms with Crippen LogP contribution in [-0.2, 0) is 0 Å². The number of aromatic nitrogens is 3. The summed E-state index contributed by atoms with van der Waals surface area (Å²) < 4.78 is 2.16. The maximum absolute atomic E-state index is 10.9. The summed E-state index contributed by atoms with van der Waals surface area (Å²) >= 11 is 0. The van der Waals surface area contributed by atoms with Crippen molar-refractivity contribution in [2.75, 3.05) is 0 Å². The van der Waals surface area contributed by atoms with Crippen LogP contribution in [0.3, 0.4) is 0 Å². The van der Waals surface area contributed by atoms with Gasteiger partial charge in [-0.1, -0.05) is 12.1 Å². The highest BCUT2D eigenvalue weighted by Gasteiger charge is 2.10. The Morgan fingerprint density at radius 3 is 2.24 bits per heavy atom. The summed E-state index contributed by atoms with van der Waals surface area (Å²) in [5.74, 6) is -1.01. The fourth-order valence-corrected chi connectivity index (χ4v) is 2.44. The average Bonchev–Trinajstić information content (AvgIpc) is 3.07. The number of benzene rings is 1. The zero-order chi connectivity index (χ0) is 15.0. The Kier molecular flexibility index (Phi) is 3.10. The van der Waals surface area contributed by atoms with Crippen LogP contribution >= 0.6 is 0 Å². The molecule has 0 saturated heterocycles. The molecule has 1 aromatic carbocycles. The largest absolute Gasteiger partial charge is 0.477 e. The lowest BCUT2D eigenvalue weighted by Gasteiger charge is -2.09. The summed E-state index contributed by atoms with van der Waals surface area (Å²) in [5.41, 5.74) is 5.02. The standard InChI is InChI=1S/C16H15N3O2/c1-10-3-4-11(2)19(10)13-7-5-12(6-8-13)14-9-15(16(20)21)18-17-14/h3-9H,1-2H3,(H,17,18)(H,20,21). The van der Waals surface area contributed by atoms with Gasteiger partial charge in [0.2, 0.25) is 0 Å². The van der Waals surface area contributed by atoms with Crippen molar-refractivity contribution in [3.63, 3.8) is 0 Å². The van der Waals surface area contributed by atoms with E-state index >= 15 is 0 Å². The minimum atomic E-state index is -1.01. The third kappa shape index (κ3) is 2.33. The van der Waals surface area contributed by atoms with E-state index in [0.29, 0.717) is 5.69 Å². The van der Waals surface area contributed by atoms with Gasteiger partial charge in [0.25, 0.3) is 0 Å². The zero-order valence-electron chi connectivity index (χ0n) is 11.8. The number of carbonyl (C=O) groups is 1. The second-order valence-corrected chi connectivity index (χ2v) is 4.97. The molecule has 0 spiro atoms. The Balaban J connectivity index is 1.95.